The molecule has 4 nitrogen and oxygen atoms in total. The van der Waals surface area contributed by atoms with Gasteiger partial charge < -0.3 is 14.5 Å². The molecule has 0 saturated carbocycles. The van der Waals surface area contributed by atoms with Gasteiger partial charge in [-0.25, -0.2) is 0 Å². The van der Waals surface area contributed by atoms with E-state index in [-0.39, 0.29) is 17.7 Å². The molecule has 1 atom stereocenters. The van der Waals surface area contributed by atoms with Crippen molar-refractivity contribution in [1.82, 2.24) is 9.80 Å². The van der Waals surface area contributed by atoms with Gasteiger partial charge in [-0.2, -0.15) is 0 Å². The third-order valence-corrected chi connectivity index (χ3v) is 4.84. The highest BCUT2D eigenvalue weighted by molar-refractivity contribution is 5.92. The fourth-order valence-electron chi connectivity index (χ4n) is 3.66. The van der Waals surface area contributed by atoms with Crippen LogP contribution in [0.1, 0.15) is 31.2 Å². The van der Waals surface area contributed by atoms with Crippen LogP contribution in [0.15, 0.2) is 30.3 Å². The lowest BCUT2D eigenvalue weighted by atomic mass is 10.2. The summed E-state index contributed by atoms with van der Waals surface area (Å²) in [7, 11) is 0. The fourth-order valence-corrected chi connectivity index (χ4v) is 3.66. The monoisotopic (exact) mass is 368 g/mol. The van der Waals surface area contributed by atoms with Crippen molar-refractivity contribution < 1.29 is 22.7 Å². The van der Waals surface area contributed by atoms with E-state index in [1.165, 1.54) is 43.2 Å². The molecule has 26 heavy (non-hydrogen) atoms. The number of rotatable bonds is 5. The maximum atomic E-state index is 12.5. The van der Waals surface area contributed by atoms with E-state index in [2.05, 4.69) is 9.64 Å². The Labute approximate surface area is 151 Å². The van der Waals surface area contributed by atoms with Crippen LogP contribution in [0.5, 0.6) is 5.75 Å². The first-order valence-electron chi connectivity index (χ1n) is 8.97. The number of alkyl halides is 3. The maximum Gasteiger partial charge on any atom is 0.573 e. The molecule has 1 aromatic rings. The Balaban J connectivity index is 1.60. The minimum Gasteiger partial charge on any atom is -0.406 e. The summed E-state index contributed by atoms with van der Waals surface area (Å²) in [6.45, 7) is 3.84. The van der Waals surface area contributed by atoms with Gasteiger partial charge >= 0.3 is 6.36 Å². The number of amides is 1. The van der Waals surface area contributed by atoms with Crippen molar-refractivity contribution in [3.63, 3.8) is 0 Å². The van der Waals surface area contributed by atoms with Gasteiger partial charge in [-0.15, -0.1) is 13.2 Å². The molecule has 0 aliphatic carbocycles. The van der Waals surface area contributed by atoms with Crippen LogP contribution in [0.3, 0.4) is 0 Å². The lowest BCUT2D eigenvalue weighted by Crippen LogP contribution is -2.41. The highest BCUT2D eigenvalue weighted by Crippen LogP contribution is 2.24. The highest BCUT2D eigenvalue weighted by atomic mass is 19.4. The second kappa shape index (κ2) is 8.12. The molecule has 7 heteroatoms. The van der Waals surface area contributed by atoms with Gasteiger partial charge in [-0.3, -0.25) is 4.79 Å². The van der Waals surface area contributed by atoms with E-state index in [0.29, 0.717) is 5.56 Å². The van der Waals surface area contributed by atoms with E-state index in [0.717, 1.165) is 39.0 Å². The largest absolute Gasteiger partial charge is 0.573 e. The van der Waals surface area contributed by atoms with Gasteiger partial charge in [0.15, 0.2) is 0 Å². The SMILES string of the molecule is O=C(C=Cc1cccc(OC(F)(F)F)c1)N1CCC[C@H]1CN1CCCC1. The maximum absolute atomic E-state index is 12.5. The molecule has 0 aromatic heterocycles. The molecule has 2 saturated heterocycles. The third kappa shape index (κ3) is 5.24. The Morgan fingerprint density at radius 2 is 1.96 bits per heavy atom. The van der Waals surface area contributed by atoms with Crippen molar-refractivity contribution in [3.05, 3.63) is 35.9 Å². The van der Waals surface area contributed by atoms with E-state index in [9.17, 15) is 18.0 Å². The second-order valence-corrected chi connectivity index (χ2v) is 6.79. The van der Waals surface area contributed by atoms with Gasteiger partial charge in [0.05, 0.1) is 0 Å². The Morgan fingerprint density at radius 1 is 1.19 bits per heavy atom. The van der Waals surface area contributed by atoms with E-state index in [1.54, 1.807) is 6.07 Å². The van der Waals surface area contributed by atoms with Crippen LogP contribution in [0, 0.1) is 0 Å². The molecule has 1 amide bonds. The number of benzene rings is 1. The van der Waals surface area contributed by atoms with Crippen molar-refractivity contribution >= 4 is 12.0 Å². The summed E-state index contributed by atoms with van der Waals surface area (Å²) >= 11 is 0. The normalized spacial score (nSPS) is 21.7. The van der Waals surface area contributed by atoms with Gasteiger partial charge in [0, 0.05) is 25.2 Å². The van der Waals surface area contributed by atoms with Crippen molar-refractivity contribution in [2.45, 2.75) is 38.1 Å². The highest BCUT2D eigenvalue weighted by Gasteiger charge is 2.31. The fraction of sp³-hybridized carbons (Fsp3) is 0.526. The molecule has 0 unspecified atom stereocenters. The number of nitrogens with zero attached hydrogens (tertiary/aromatic N) is 2. The van der Waals surface area contributed by atoms with Crippen LogP contribution in [-0.4, -0.2) is 54.3 Å². The molecule has 3 rings (SSSR count). The molecule has 142 valence electrons. The third-order valence-electron chi connectivity index (χ3n) is 4.84. The first-order chi connectivity index (χ1) is 12.4. The number of ether oxygens (including phenoxy) is 1. The Kier molecular flexibility index (Phi) is 5.86. The molecular weight excluding hydrogens is 345 g/mol. The number of carbonyl (C=O) groups excluding carboxylic acids is 1. The summed E-state index contributed by atoms with van der Waals surface area (Å²) < 4.78 is 40.8. The molecular formula is C19H23F3N2O2. The lowest BCUT2D eigenvalue weighted by Gasteiger charge is -2.27. The number of hydrogen-bond acceptors (Lipinski definition) is 3. The van der Waals surface area contributed by atoms with Crippen LogP contribution in [-0.2, 0) is 4.79 Å². The molecule has 0 radical (unpaired) electrons. The predicted molar refractivity (Wildman–Crippen MR) is 92.6 cm³/mol. The van der Waals surface area contributed by atoms with Crippen LogP contribution in [0.4, 0.5) is 13.2 Å². The molecule has 2 aliphatic rings. The smallest absolute Gasteiger partial charge is 0.406 e. The summed E-state index contributed by atoms with van der Waals surface area (Å²) in [6.07, 6.45) is 2.69. The molecule has 2 fully saturated rings. The molecule has 2 aliphatic heterocycles. The molecule has 0 spiro atoms. The second-order valence-electron chi connectivity index (χ2n) is 6.79. The Bertz CT molecular complexity index is 654. The van der Waals surface area contributed by atoms with Crippen molar-refractivity contribution in [2.24, 2.45) is 0 Å². The lowest BCUT2D eigenvalue weighted by molar-refractivity contribution is -0.274. The van der Waals surface area contributed by atoms with Gasteiger partial charge in [0.2, 0.25) is 5.91 Å². The zero-order chi connectivity index (χ0) is 18.6. The standard InChI is InChI=1S/C19H23F3N2O2/c20-19(21,22)26-17-7-3-5-15(13-17)8-9-18(25)24-12-4-6-16(24)14-23-10-1-2-11-23/h3,5,7-9,13,16H,1-2,4,6,10-12,14H2/t16-/m0/s1. The van der Waals surface area contributed by atoms with Crippen molar-refractivity contribution in [2.75, 3.05) is 26.2 Å². The van der Waals surface area contributed by atoms with E-state index < -0.39 is 6.36 Å². The van der Waals surface area contributed by atoms with E-state index in [1.807, 2.05) is 4.90 Å². The first-order valence-corrected chi connectivity index (χ1v) is 8.97. The van der Waals surface area contributed by atoms with Crippen LogP contribution in [0.25, 0.3) is 6.08 Å². The van der Waals surface area contributed by atoms with Gasteiger partial charge in [-0.05, 0) is 62.5 Å². The zero-order valence-electron chi connectivity index (χ0n) is 14.5. The predicted octanol–water partition coefficient (Wildman–Crippen LogP) is 3.69. The van der Waals surface area contributed by atoms with Crippen LogP contribution < -0.4 is 4.74 Å². The number of halogens is 3. The summed E-state index contributed by atoms with van der Waals surface area (Å²) in [5, 5.41) is 0. The number of hydrogen-bond donors (Lipinski definition) is 0. The van der Waals surface area contributed by atoms with Crippen molar-refractivity contribution in [1.29, 1.82) is 0 Å². The minimum atomic E-state index is -4.73. The van der Waals surface area contributed by atoms with E-state index >= 15 is 0 Å². The molecule has 2 heterocycles. The summed E-state index contributed by atoms with van der Waals surface area (Å²) in [5.74, 6) is -0.381. The summed E-state index contributed by atoms with van der Waals surface area (Å²) in [5.41, 5.74) is 0.496. The minimum absolute atomic E-state index is 0.0890. The topological polar surface area (TPSA) is 32.8 Å². The van der Waals surface area contributed by atoms with Crippen LogP contribution in [0.2, 0.25) is 0 Å². The van der Waals surface area contributed by atoms with E-state index in [4.69, 9.17) is 0 Å². The number of likely N-dealkylation sites (tertiary alicyclic amines) is 2. The summed E-state index contributed by atoms with van der Waals surface area (Å²) in [4.78, 5) is 16.8. The average molecular weight is 368 g/mol. The Morgan fingerprint density at radius 3 is 2.69 bits per heavy atom. The van der Waals surface area contributed by atoms with Gasteiger partial charge in [0.1, 0.15) is 5.75 Å². The number of carbonyl (C=O) groups is 1. The average Bonchev–Trinajstić information content (AvgIpc) is 3.24. The van der Waals surface area contributed by atoms with Crippen LogP contribution >= 0.6 is 0 Å². The molecule has 0 bridgehead atoms. The van der Waals surface area contributed by atoms with Crippen molar-refractivity contribution in [3.8, 4) is 5.75 Å². The Hall–Kier alpha value is -2.02. The zero-order valence-corrected chi connectivity index (χ0v) is 14.5. The summed E-state index contributed by atoms with van der Waals surface area (Å²) in [6, 6.07) is 5.84. The van der Waals surface area contributed by atoms with Gasteiger partial charge in [0.25, 0.3) is 0 Å². The molecule has 1 aromatic carbocycles. The van der Waals surface area contributed by atoms with Gasteiger partial charge in [-0.1, -0.05) is 12.1 Å². The first kappa shape index (κ1) is 18.8. The molecule has 0 N–H and O–H groups in total. The quantitative estimate of drug-likeness (QED) is 0.744.